The van der Waals surface area contributed by atoms with Crippen molar-refractivity contribution in [3.8, 4) is 5.75 Å². The Morgan fingerprint density at radius 1 is 1.21 bits per heavy atom. The van der Waals surface area contributed by atoms with Crippen molar-refractivity contribution >= 4 is 28.6 Å². The van der Waals surface area contributed by atoms with Crippen molar-refractivity contribution in [3.05, 3.63) is 64.7 Å². The van der Waals surface area contributed by atoms with Gasteiger partial charge >= 0.3 is 0 Å². The van der Waals surface area contributed by atoms with Crippen LogP contribution in [0.1, 0.15) is 12.2 Å². The molecule has 6 nitrogen and oxygen atoms in total. The molecular weight excluding hydrogens is 374 g/mol. The second-order valence-corrected chi connectivity index (χ2v) is 7.74. The summed E-state index contributed by atoms with van der Waals surface area (Å²) >= 11 is 1.69. The minimum atomic E-state index is -0.183. The Morgan fingerprint density at radius 3 is 2.93 bits per heavy atom. The first-order chi connectivity index (χ1) is 13.7. The quantitative estimate of drug-likeness (QED) is 0.492. The molecule has 0 spiro atoms. The molecule has 0 fully saturated rings. The molecule has 0 bridgehead atoms. The van der Waals surface area contributed by atoms with E-state index in [1.165, 1.54) is 4.90 Å². The Labute approximate surface area is 166 Å². The maximum absolute atomic E-state index is 12.6. The summed E-state index contributed by atoms with van der Waals surface area (Å²) in [4.78, 5) is 30.3. The molecule has 1 aromatic heterocycles. The first kappa shape index (κ1) is 18.6. The smallest absolute Gasteiger partial charge is 0.261 e. The molecule has 4 rings (SSSR count). The van der Waals surface area contributed by atoms with Crippen molar-refractivity contribution in [2.24, 2.45) is 0 Å². The summed E-state index contributed by atoms with van der Waals surface area (Å²) in [6.45, 7) is 1.20. The van der Waals surface area contributed by atoms with Crippen LogP contribution in [0, 0.1) is 0 Å². The summed E-state index contributed by atoms with van der Waals surface area (Å²) in [6, 6.07) is 15.3. The molecule has 0 atom stereocenters. The number of aromatic nitrogens is 2. The van der Waals surface area contributed by atoms with E-state index in [0.717, 1.165) is 24.4 Å². The molecular formula is C21H21N3O3S. The van der Waals surface area contributed by atoms with Crippen LogP contribution in [0.3, 0.4) is 0 Å². The molecule has 0 unspecified atom stereocenters. The summed E-state index contributed by atoms with van der Waals surface area (Å²) in [5, 5.41) is 3.37. The Kier molecular flexibility index (Phi) is 5.62. The Bertz CT molecular complexity index is 1050. The molecule has 2 heterocycles. The SMILES string of the molecule is O=C(COc1ccc2nc3n(c(=O)c2c1)CCC3)NCCSc1ccccc1. The van der Waals surface area contributed by atoms with Crippen LogP contribution in [0.5, 0.6) is 5.75 Å². The fraction of sp³-hybridized carbons (Fsp3) is 0.286. The summed E-state index contributed by atoms with van der Waals surface area (Å²) in [6.07, 6.45) is 1.79. The Morgan fingerprint density at radius 2 is 2.07 bits per heavy atom. The molecule has 144 valence electrons. The number of thioether (sulfide) groups is 1. The van der Waals surface area contributed by atoms with E-state index in [-0.39, 0.29) is 18.1 Å². The maximum Gasteiger partial charge on any atom is 0.261 e. The van der Waals surface area contributed by atoms with Gasteiger partial charge in [-0.2, -0.15) is 0 Å². The van der Waals surface area contributed by atoms with Gasteiger partial charge in [-0.3, -0.25) is 14.2 Å². The third-order valence-electron chi connectivity index (χ3n) is 4.59. The number of ether oxygens (including phenoxy) is 1. The molecule has 1 amide bonds. The van der Waals surface area contributed by atoms with E-state index in [0.29, 0.717) is 29.7 Å². The number of amides is 1. The van der Waals surface area contributed by atoms with Crippen LogP contribution in [0.25, 0.3) is 10.9 Å². The predicted molar refractivity (Wildman–Crippen MR) is 110 cm³/mol. The lowest BCUT2D eigenvalue weighted by molar-refractivity contribution is -0.122. The molecule has 3 aromatic rings. The number of nitrogens with one attached hydrogen (secondary N) is 1. The van der Waals surface area contributed by atoms with Gasteiger partial charge in [0.1, 0.15) is 11.6 Å². The number of hydrogen-bond acceptors (Lipinski definition) is 5. The average Bonchev–Trinajstić information content (AvgIpc) is 3.20. The van der Waals surface area contributed by atoms with Gasteiger partial charge in [-0.25, -0.2) is 4.98 Å². The van der Waals surface area contributed by atoms with Crippen molar-refractivity contribution < 1.29 is 9.53 Å². The lowest BCUT2D eigenvalue weighted by Crippen LogP contribution is -2.30. The number of carbonyl (C=O) groups is 1. The number of nitrogens with zero attached hydrogens (tertiary/aromatic N) is 2. The van der Waals surface area contributed by atoms with Crippen LogP contribution >= 0.6 is 11.8 Å². The second-order valence-electron chi connectivity index (χ2n) is 6.57. The van der Waals surface area contributed by atoms with E-state index in [9.17, 15) is 9.59 Å². The molecule has 1 aliphatic rings. The van der Waals surface area contributed by atoms with E-state index in [2.05, 4.69) is 10.3 Å². The lowest BCUT2D eigenvalue weighted by Gasteiger charge is -2.09. The van der Waals surface area contributed by atoms with Crippen LogP contribution in [0.15, 0.2) is 58.2 Å². The second kappa shape index (κ2) is 8.48. The minimum absolute atomic E-state index is 0.0367. The van der Waals surface area contributed by atoms with Crippen LogP contribution in [-0.2, 0) is 17.8 Å². The lowest BCUT2D eigenvalue weighted by atomic mass is 10.2. The van der Waals surface area contributed by atoms with Crippen molar-refractivity contribution in [3.63, 3.8) is 0 Å². The first-order valence-electron chi connectivity index (χ1n) is 9.31. The number of aryl methyl sites for hydroxylation is 1. The number of benzene rings is 2. The predicted octanol–water partition coefficient (Wildman–Crippen LogP) is 2.63. The molecule has 7 heteroatoms. The van der Waals surface area contributed by atoms with E-state index < -0.39 is 0 Å². The highest BCUT2D eigenvalue weighted by Crippen LogP contribution is 2.20. The molecule has 1 N–H and O–H groups in total. The minimum Gasteiger partial charge on any atom is -0.484 e. The van der Waals surface area contributed by atoms with E-state index >= 15 is 0 Å². The fourth-order valence-corrected chi connectivity index (χ4v) is 4.02. The number of fused-ring (bicyclic) bond motifs is 2. The molecule has 0 saturated carbocycles. The van der Waals surface area contributed by atoms with E-state index in [4.69, 9.17) is 4.74 Å². The van der Waals surface area contributed by atoms with Gasteiger partial charge in [0.05, 0.1) is 10.9 Å². The Hall–Kier alpha value is -2.80. The molecule has 28 heavy (non-hydrogen) atoms. The highest BCUT2D eigenvalue weighted by atomic mass is 32.2. The molecule has 1 aliphatic heterocycles. The van der Waals surface area contributed by atoms with Gasteiger partial charge < -0.3 is 10.1 Å². The summed E-state index contributed by atoms with van der Waals surface area (Å²) in [5.41, 5.74) is 0.637. The highest BCUT2D eigenvalue weighted by Gasteiger charge is 2.16. The third kappa shape index (κ3) is 4.20. The van der Waals surface area contributed by atoms with Gasteiger partial charge in [0.2, 0.25) is 0 Å². The van der Waals surface area contributed by atoms with E-state index in [1.807, 2.05) is 30.3 Å². The zero-order valence-corrected chi connectivity index (χ0v) is 16.2. The monoisotopic (exact) mass is 395 g/mol. The van der Waals surface area contributed by atoms with Crippen molar-refractivity contribution in [1.82, 2.24) is 14.9 Å². The van der Waals surface area contributed by atoms with Gasteiger partial charge in [-0.15, -0.1) is 11.8 Å². The maximum atomic E-state index is 12.6. The third-order valence-corrected chi connectivity index (χ3v) is 5.61. The highest BCUT2D eigenvalue weighted by molar-refractivity contribution is 7.99. The zero-order chi connectivity index (χ0) is 19.3. The summed E-state index contributed by atoms with van der Waals surface area (Å²) in [5.74, 6) is 1.95. The first-order valence-corrected chi connectivity index (χ1v) is 10.3. The van der Waals surface area contributed by atoms with Crippen LogP contribution in [0.2, 0.25) is 0 Å². The van der Waals surface area contributed by atoms with Gasteiger partial charge in [0.25, 0.3) is 11.5 Å². The Balaban J connectivity index is 1.30. The molecule has 0 saturated heterocycles. The number of rotatable bonds is 7. The van der Waals surface area contributed by atoms with Gasteiger partial charge in [0.15, 0.2) is 6.61 Å². The van der Waals surface area contributed by atoms with E-state index in [1.54, 1.807) is 34.5 Å². The van der Waals surface area contributed by atoms with Crippen LogP contribution < -0.4 is 15.6 Å². The molecule has 0 radical (unpaired) electrons. The normalized spacial score (nSPS) is 12.7. The van der Waals surface area contributed by atoms with Crippen molar-refractivity contribution in [2.75, 3.05) is 18.9 Å². The van der Waals surface area contributed by atoms with Gasteiger partial charge in [0, 0.05) is 30.2 Å². The van der Waals surface area contributed by atoms with Crippen LogP contribution in [-0.4, -0.2) is 34.4 Å². The standard InChI is InChI=1S/C21H21N3O3S/c25-20(22-10-12-28-16-5-2-1-3-6-16)14-27-15-8-9-18-17(13-15)21(26)24-11-4-7-19(24)23-18/h1-3,5-6,8-9,13H,4,7,10-12,14H2,(H,22,25). The molecule has 0 aliphatic carbocycles. The zero-order valence-electron chi connectivity index (χ0n) is 15.4. The number of hydrogen-bond donors (Lipinski definition) is 1. The van der Waals surface area contributed by atoms with Crippen LogP contribution in [0.4, 0.5) is 0 Å². The summed E-state index contributed by atoms with van der Waals surface area (Å²) in [7, 11) is 0. The molecule has 2 aromatic carbocycles. The largest absolute Gasteiger partial charge is 0.484 e. The van der Waals surface area contributed by atoms with Gasteiger partial charge in [-0.1, -0.05) is 18.2 Å². The fourth-order valence-electron chi connectivity index (χ4n) is 3.23. The number of carbonyl (C=O) groups excluding carboxylic acids is 1. The van der Waals surface area contributed by atoms with Crippen molar-refractivity contribution in [1.29, 1.82) is 0 Å². The van der Waals surface area contributed by atoms with Crippen molar-refractivity contribution in [2.45, 2.75) is 24.3 Å². The van der Waals surface area contributed by atoms with Gasteiger partial charge in [-0.05, 0) is 36.8 Å². The average molecular weight is 395 g/mol. The topological polar surface area (TPSA) is 73.2 Å². The summed E-state index contributed by atoms with van der Waals surface area (Å²) < 4.78 is 7.30.